The third kappa shape index (κ3) is 3.91. The zero-order valence-electron chi connectivity index (χ0n) is 12.1. The van der Waals surface area contributed by atoms with Gasteiger partial charge in [0.15, 0.2) is 0 Å². The van der Waals surface area contributed by atoms with Crippen LogP contribution in [0.15, 0.2) is 6.20 Å². The first-order valence-corrected chi connectivity index (χ1v) is 7.32. The van der Waals surface area contributed by atoms with Crippen LogP contribution in [0.3, 0.4) is 0 Å². The zero-order chi connectivity index (χ0) is 14.4. The maximum atomic E-state index is 9.99. The van der Waals surface area contributed by atoms with E-state index in [1.807, 2.05) is 0 Å². The fourth-order valence-corrected chi connectivity index (χ4v) is 2.58. The number of hydrogen-bond donors (Lipinski definition) is 3. The number of hydrogen-bond acceptors (Lipinski definition) is 5. The molecule has 0 amide bonds. The zero-order valence-corrected chi connectivity index (χ0v) is 12.1. The number of aliphatic hydroxyl groups is 1. The van der Waals surface area contributed by atoms with Crippen LogP contribution in [0.5, 0.6) is 5.75 Å². The summed E-state index contributed by atoms with van der Waals surface area (Å²) < 4.78 is 5.76. The van der Waals surface area contributed by atoms with Crippen LogP contribution >= 0.6 is 0 Å². The molecule has 0 aromatic carbocycles. The highest BCUT2D eigenvalue weighted by Crippen LogP contribution is 2.23. The van der Waals surface area contributed by atoms with Gasteiger partial charge in [-0.05, 0) is 19.8 Å². The molecule has 1 aliphatic carbocycles. The second kappa shape index (κ2) is 7.57. The quantitative estimate of drug-likeness (QED) is 0.662. The summed E-state index contributed by atoms with van der Waals surface area (Å²) in [6, 6.07) is 0. The molecule has 1 aromatic rings. The smallest absolute Gasteiger partial charge is 0.141 e. The third-order valence-electron chi connectivity index (χ3n) is 3.84. The molecule has 1 heterocycles. The van der Waals surface area contributed by atoms with E-state index in [-0.39, 0.29) is 12.4 Å². The summed E-state index contributed by atoms with van der Waals surface area (Å²) in [6.07, 6.45) is 6.96. The molecule has 1 aliphatic rings. The predicted molar refractivity (Wildman–Crippen MR) is 76.5 cm³/mol. The van der Waals surface area contributed by atoms with Gasteiger partial charge in [-0.2, -0.15) is 0 Å². The van der Waals surface area contributed by atoms with Crippen molar-refractivity contribution in [2.45, 2.75) is 51.9 Å². The van der Waals surface area contributed by atoms with Crippen molar-refractivity contribution in [3.8, 4) is 5.75 Å². The van der Waals surface area contributed by atoms with Crippen LogP contribution in [0, 0.1) is 6.92 Å². The first-order valence-electron chi connectivity index (χ1n) is 7.32. The van der Waals surface area contributed by atoms with Gasteiger partial charge < -0.3 is 20.3 Å². The molecule has 112 valence electrons. The van der Waals surface area contributed by atoms with Crippen molar-refractivity contribution >= 4 is 0 Å². The van der Waals surface area contributed by atoms with Gasteiger partial charge in [0.25, 0.3) is 0 Å². The van der Waals surface area contributed by atoms with E-state index in [2.05, 4.69) is 10.3 Å². The summed E-state index contributed by atoms with van der Waals surface area (Å²) in [4.78, 5) is 4.04. The molecule has 0 bridgehead atoms. The molecule has 0 aliphatic heterocycles. The molecule has 0 saturated heterocycles. The topological polar surface area (TPSA) is 74.6 Å². The van der Waals surface area contributed by atoms with Gasteiger partial charge in [0, 0.05) is 30.4 Å². The minimum absolute atomic E-state index is 0.115. The molecule has 1 fully saturated rings. The summed E-state index contributed by atoms with van der Waals surface area (Å²) in [5.41, 5.74) is 1.97. The van der Waals surface area contributed by atoms with Crippen molar-refractivity contribution < 1.29 is 14.9 Å². The normalized spacial score (nSPS) is 15.9. The van der Waals surface area contributed by atoms with E-state index in [0.29, 0.717) is 30.5 Å². The van der Waals surface area contributed by atoms with Gasteiger partial charge in [0.05, 0.1) is 25.0 Å². The van der Waals surface area contributed by atoms with Gasteiger partial charge in [0.2, 0.25) is 0 Å². The number of ether oxygens (including phenoxy) is 1. The molecule has 1 saturated carbocycles. The lowest BCUT2D eigenvalue weighted by molar-refractivity contribution is 0.0602. The average molecular weight is 280 g/mol. The molecule has 1 aromatic heterocycles. The number of rotatable bonds is 7. The fourth-order valence-electron chi connectivity index (χ4n) is 2.58. The first-order chi connectivity index (χ1) is 9.72. The molecule has 20 heavy (non-hydrogen) atoms. The maximum Gasteiger partial charge on any atom is 0.141 e. The highest BCUT2D eigenvalue weighted by molar-refractivity contribution is 5.40. The Morgan fingerprint density at radius 2 is 2.15 bits per heavy atom. The van der Waals surface area contributed by atoms with E-state index in [9.17, 15) is 10.2 Å². The second-order valence-corrected chi connectivity index (χ2v) is 5.31. The van der Waals surface area contributed by atoms with Crippen LogP contribution < -0.4 is 5.32 Å². The Hall–Kier alpha value is -1.17. The molecule has 0 atom stereocenters. The SMILES string of the molecule is Cc1ncc(CO)c(CNCCOC2CCCC2)c1O. The Labute approximate surface area is 120 Å². The lowest BCUT2D eigenvalue weighted by atomic mass is 10.1. The van der Waals surface area contributed by atoms with Crippen LogP contribution in [0.2, 0.25) is 0 Å². The third-order valence-corrected chi connectivity index (χ3v) is 3.84. The summed E-state index contributed by atoms with van der Waals surface area (Å²) in [7, 11) is 0. The number of aliphatic hydroxyl groups excluding tert-OH is 1. The van der Waals surface area contributed by atoms with Crippen molar-refractivity contribution in [3.05, 3.63) is 23.0 Å². The van der Waals surface area contributed by atoms with Gasteiger partial charge >= 0.3 is 0 Å². The van der Waals surface area contributed by atoms with E-state index in [1.54, 1.807) is 13.1 Å². The number of aromatic nitrogens is 1. The van der Waals surface area contributed by atoms with Crippen LogP contribution in [-0.2, 0) is 17.9 Å². The van der Waals surface area contributed by atoms with Crippen molar-refractivity contribution in [1.29, 1.82) is 0 Å². The molecule has 0 unspecified atom stereocenters. The van der Waals surface area contributed by atoms with Crippen LogP contribution in [0.4, 0.5) is 0 Å². The van der Waals surface area contributed by atoms with Gasteiger partial charge in [-0.1, -0.05) is 12.8 Å². The highest BCUT2D eigenvalue weighted by atomic mass is 16.5. The lowest BCUT2D eigenvalue weighted by Gasteiger charge is -2.14. The van der Waals surface area contributed by atoms with Gasteiger partial charge in [-0.3, -0.25) is 4.98 Å². The number of nitrogens with one attached hydrogen (secondary N) is 1. The minimum Gasteiger partial charge on any atom is -0.506 e. The molecule has 5 heteroatoms. The van der Waals surface area contributed by atoms with Gasteiger partial charge in [-0.15, -0.1) is 0 Å². The van der Waals surface area contributed by atoms with Crippen LogP contribution in [0.1, 0.15) is 42.5 Å². The molecular formula is C15H24N2O3. The number of nitrogens with zero attached hydrogens (tertiary/aromatic N) is 1. The van der Waals surface area contributed by atoms with E-state index in [1.165, 1.54) is 25.7 Å². The number of pyridine rings is 1. The highest BCUT2D eigenvalue weighted by Gasteiger charge is 2.15. The summed E-state index contributed by atoms with van der Waals surface area (Å²) in [5.74, 6) is 0.167. The molecule has 5 nitrogen and oxygen atoms in total. The fraction of sp³-hybridized carbons (Fsp3) is 0.667. The first kappa shape index (κ1) is 15.2. The number of aromatic hydroxyl groups is 1. The molecule has 0 radical (unpaired) electrons. The van der Waals surface area contributed by atoms with Crippen LogP contribution in [0.25, 0.3) is 0 Å². The van der Waals surface area contributed by atoms with Gasteiger partial charge in [0.1, 0.15) is 5.75 Å². The Morgan fingerprint density at radius 3 is 2.85 bits per heavy atom. The average Bonchev–Trinajstić information content (AvgIpc) is 2.96. The molecule has 0 spiro atoms. The van der Waals surface area contributed by atoms with E-state index in [0.717, 1.165) is 12.1 Å². The monoisotopic (exact) mass is 280 g/mol. The van der Waals surface area contributed by atoms with Crippen molar-refractivity contribution in [2.75, 3.05) is 13.2 Å². The van der Waals surface area contributed by atoms with Gasteiger partial charge in [-0.25, -0.2) is 0 Å². The Morgan fingerprint density at radius 1 is 1.40 bits per heavy atom. The standard InChI is InChI=1S/C15H24N2O3/c1-11-15(19)14(12(10-18)8-17-11)9-16-6-7-20-13-4-2-3-5-13/h8,13,16,18-19H,2-7,9-10H2,1H3. The maximum absolute atomic E-state index is 9.99. The Balaban J connectivity index is 1.77. The molecule has 3 N–H and O–H groups in total. The summed E-state index contributed by atoms with van der Waals surface area (Å²) in [6.45, 7) is 3.57. The summed E-state index contributed by atoms with van der Waals surface area (Å²) >= 11 is 0. The van der Waals surface area contributed by atoms with E-state index < -0.39 is 0 Å². The van der Waals surface area contributed by atoms with Crippen molar-refractivity contribution in [3.63, 3.8) is 0 Å². The molecule has 2 rings (SSSR count). The Kier molecular flexibility index (Phi) is 5.76. The van der Waals surface area contributed by atoms with Crippen molar-refractivity contribution in [2.24, 2.45) is 0 Å². The lowest BCUT2D eigenvalue weighted by Crippen LogP contribution is -2.22. The molecular weight excluding hydrogens is 256 g/mol. The number of aryl methyl sites for hydroxylation is 1. The Bertz CT molecular complexity index is 431. The largest absolute Gasteiger partial charge is 0.506 e. The predicted octanol–water partition coefficient (Wildman–Crippen LogP) is 1.64. The van der Waals surface area contributed by atoms with Crippen LogP contribution in [-0.4, -0.2) is 34.5 Å². The van der Waals surface area contributed by atoms with Crippen molar-refractivity contribution in [1.82, 2.24) is 10.3 Å². The summed E-state index contributed by atoms with van der Waals surface area (Å²) in [5, 5.41) is 22.5. The second-order valence-electron chi connectivity index (χ2n) is 5.31. The van der Waals surface area contributed by atoms with E-state index >= 15 is 0 Å². The minimum atomic E-state index is -0.115. The van der Waals surface area contributed by atoms with E-state index in [4.69, 9.17) is 4.74 Å².